The summed E-state index contributed by atoms with van der Waals surface area (Å²) in [5.41, 5.74) is 0.311. The zero-order valence-electron chi connectivity index (χ0n) is 9.64. The molecule has 0 aromatic carbocycles. The van der Waals surface area contributed by atoms with Crippen LogP contribution in [0.5, 0.6) is 0 Å². The Hall–Kier alpha value is -0.120. The van der Waals surface area contributed by atoms with E-state index >= 15 is 0 Å². The molecule has 14 heavy (non-hydrogen) atoms. The maximum absolute atomic E-state index is 5.51. The molecule has 1 saturated heterocycles. The van der Waals surface area contributed by atoms with Crippen LogP contribution in [0.25, 0.3) is 0 Å². The molecule has 84 valence electrons. The van der Waals surface area contributed by atoms with Crippen molar-refractivity contribution in [3.8, 4) is 0 Å². The van der Waals surface area contributed by atoms with E-state index in [1.165, 1.54) is 0 Å². The van der Waals surface area contributed by atoms with Crippen molar-refractivity contribution in [2.75, 3.05) is 33.4 Å². The van der Waals surface area contributed by atoms with Gasteiger partial charge < -0.3 is 14.8 Å². The van der Waals surface area contributed by atoms with E-state index in [4.69, 9.17) is 9.47 Å². The van der Waals surface area contributed by atoms with Crippen LogP contribution in [0.3, 0.4) is 0 Å². The highest BCUT2D eigenvalue weighted by Gasteiger charge is 2.35. The Kier molecular flexibility index (Phi) is 4.85. The molecule has 0 aliphatic carbocycles. The van der Waals surface area contributed by atoms with Crippen molar-refractivity contribution in [1.82, 2.24) is 5.32 Å². The summed E-state index contributed by atoms with van der Waals surface area (Å²) >= 11 is 0. The second-order valence-electron chi connectivity index (χ2n) is 4.33. The Morgan fingerprint density at radius 1 is 1.57 bits per heavy atom. The molecule has 3 nitrogen and oxygen atoms in total. The van der Waals surface area contributed by atoms with Crippen LogP contribution in [-0.2, 0) is 9.47 Å². The summed E-state index contributed by atoms with van der Waals surface area (Å²) in [6.45, 7) is 8.14. The highest BCUT2D eigenvalue weighted by Crippen LogP contribution is 2.33. The minimum absolute atomic E-state index is 0.311. The molecular weight excluding hydrogens is 178 g/mol. The van der Waals surface area contributed by atoms with Crippen LogP contribution in [0.2, 0.25) is 0 Å². The van der Waals surface area contributed by atoms with Crippen LogP contribution in [-0.4, -0.2) is 39.5 Å². The summed E-state index contributed by atoms with van der Waals surface area (Å²) in [4.78, 5) is 0. The first-order chi connectivity index (χ1) is 6.72. The Bertz CT molecular complexity index is 155. The zero-order chi connectivity index (χ0) is 10.4. The fraction of sp³-hybridized carbons (Fsp3) is 1.00. The third-order valence-electron chi connectivity index (χ3n) is 3.06. The average Bonchev–Trinajstić information content (AvgIpc) is 2.64. The minimum atomic E-state index is 0.311. The first-order valence-corrected chi connectivity index (χ1v) is 5.54. The van der Waals surface area contributed by atoms with Crippen molar-refractivity contribution in [3.05, 3.63) is 0 Å². The number of ether oxygens (including phenoxy) is 2. The first kappa shape index (κ1) is 12.0. The third-order valence-corrected chi connectivity index (χ3v) is 3.06. The van der Waals surface area contributed by atoms with Crippen LogP contribution >= 0.6 is 0 Å². The standard InChI is InChI=1S/C11H23NO2/c1-4-12-8-11(5-6-14-9-11)7-10(2)13-3/h10,12H,4-9H2,1-3H3. The monoisotopic (exact) mass is 201 g/mol. The topological polar surface area (TPSA) is 30.5 Å². The molecule has 1 aliphatic heterocycles. The Morgan fingerprint density at radius 3 is 2.86 bits per heavy atom. The van der Waals surface area contributed by atoms with E-state index in [0.29, 0.717) is 11.5 Å². The van der Waals surface area contributed by atoms with Gasteiger partial charge >= 0.3 is 0 Å². The molecule has 2 unspecified atom stereocenters. The van der Waals surface area contributed by atoms with Gasteiger partial charge in [-0.3, -0.25) is 0 Å². The van der Waals surface area contributed by atoms with E-state index in [9.17, 15) is 0 Å². The van der Waals surface area contributed by atoms with E-state index in [1.54, 1.807) is 7.11 Å². The summed E-state index contributed by atoms with van der Waals surface area (Å²) in [7, 11) is 1.78. The molecule has 0 radical (unpaired) electrons. The van der Waals surface area contributed by atoms with Gasteiger partial charge in [0, 0.05) is 25.7 Å². The molecule has 0 aromatic rings. The lowest BCUT2D eigenvalue weighted by molar-refractivity contribution is 0.0547. The third kappa shape index (κ3) is 3.23. The van der Waals surface area contributed by atoms with Crippen LogP contribution in [0.1, 0.15) is 26.7 Å². The van der Waals surface area contributed by atoms with Crippen molar-refractivity contribution in [3.63, 3.8) is 0 Å². The van der Waals surface area contributed by atoms with E-state index < -0.39 is 0 Å². The molecule has 0 saturated carbocycles. The number of hydrogen-bond donors (Lipinski definition) is 1. The fourth-order valence-corrected chi connectivity index (χ4v) is 2.11. The Balaban J connectivity index is 2.43. The predicted molar refractivity (Wildman–Crippen MR) is 57.5 cm³/mol. The normalized spacial score (nSPS) is 29.4. The molecule has 1 fully saturated rings. The van der Waals surface area contributed by atoms with Gasteiger partial charge in [-0.15, -0.1) is 0 Å². The number of hydrogen-bond acceptors (Lipinski definition) is 3. The smallest absolute Gasteiger partial charge is 0.0549 e. The summed E-state index contributed by atoms with van der Waals surface area (Å²) in [5.74, 6) is 0. The zero-order valence-corrected chi connectivity index (χ0v) is 9.64. The molecule has 1 heterocycles. The predicted octanol–water partition coefficient (Wildman–Crippen LogP) is 1.43. The lowest BCUT2D eigenvalue weighted by Gasteiger charge is -2.30. The molecule has 1 rings (SSSR count). The molecule has 3 heteroatoms. The fourth-order valence-electron chi connectivity index (χ4n) is 2.11. The Morgan fingerprint density at radius 2 is 2.36 bits per heavy atom. The van der Waals surface area contributed by atoms with Gasteiger partial charge in [0.1, 0.15) is 0 Å². The highest BCUT2D eigenvalue weighted by atomic mass is 16.5. The van der Waals surface area contributed by atoms with Crippen LogP contribution in [0.4, 0.5) is 0 Å². The summed E-state index contributed by atoms with van der Waals surface area (Å²) in [6, 6.07) is 0. The second-order valence-corrected chi connectivity index (χ2v) is 4.33. The van der Waals surface area contributed by atoms with Crippen LogP contribution < -0.4 is 5.32 Å². The maximum Gasteiger partial charge on any atom is 0.0549 e. The van der Waals surface area contributed by atoms with Crippen molar-refractivity contribution in [2.24, 2.45) is 5.41 Å². The maximum atomic E-state index is 5.51. The van der Waals surface area contributed by atoms with Gasteiger partial charge in [-0.1, -0.05) is 6.92 Å². The van der Waals surface area contributed by atoms with Gasteiger partial charge in [-0.2, -0.15) is 0 Å². The quantitative estimate of drug-likeness (QED) is 0.705. The largest absolute Gasteiger partial charge is 0.382 e. The van der Waals surface area contributed by atoms with E-state index in [-0.39, 0.29) is 0 Å². The molecule has 0 amide bonds. The van der Waals surface area contributed by atoms with Gasteiger partial charge in [-0.25, -0.2) is 0 Å². The molecule has 2 atom stereocenters. The lowest BCUT2D eigenvalue weighted by Crippen LogP contribution is -2.37. The average molecular weight is 201 g/mol. The summed E-state index contributed by atoms with van der Waals surface area (Å²) in [5, 5.41) is 3.42. The van der Waals surface area contributed by atoms with Crippen molar-refractivity contribution >= 4 is 0 Å². The number of methoxy groups -OCH3 is 1. The van der Waals surface area contributed by atoms with Gasteiger partial charge in [0.25, 0.3) is 0 Å². The first-order valence-electron chi connectivity index (χ1n) is 5.54. The number of nitrogens with one attached hydrogen (secondary N) is 1. The van der Waals surface area contributed by atoms with Crippen molar-refractivity contribution in [1.29, 1.82) is 0 Å². The molecule has 1 aliphatic rings. The minimum Gasteiger partial charge on any atom is -0.382 e. The lowest BCUT2D eigenvalue weighted by atomic mass is 9.81. The molecule has 0 spiro atoms. The van der Waals surface area contributed by atoms with Gasteiger partial charge in [0.15, 0.2) is 0 Å². The highest BCUT2D eigenvalue weighted by molar-refractivity contribution is 4.87. The van der Waals surface area contributed by atoms with E-state index in [1.807, 2.05) is 0 Å². The summed E-state index contributed by atoms with van der Waals surface area (Å²) < 4.78 is 10.8. The SMILES string of the molecule is CCNCC1(CC(C)OC)CCOC1. The van der Waals surface area contributed by atoms with E-state index in [0.717, 1.165) is 39.1 Å². The van der Waals surface area contributed by atoms with E-state index in [2.05, 4.69) is 19.2 Å². The molecule has 0 aromatic heterocycles. The van der Waals surface area contributed by atoms with Crippen molar-refractivity contribution < 1.29 is 9.47 Å². The van der Waals surface area contributed by atoms with Gasteiger partial charge in [0.2, 0.25) is 0 Å². The van der Waals surface area contributed by atoms with Gasteiger partial charge in [-0.05, 0) is 26.3 Å². The molecular formula is C11H23NO2. The summed E-state index contributed by atoms with van der Waals surface area (Å²) in [6.07, 6.45) is 2.58. The number of rotatable bonds is 6. The van der Waals surface area contributed by atoms with Crippen LogP contribution in [0.15, 0.2) is 0 Å². The molecule has 1 N–H and O–H groups in total. The van der Waals surface area contributed by atoms with Crippen molar-refractivity contribution in [2.45, 2.75) is 32.8 Å². The molecule has 0 bridgehead atoms. The van der Waals surface area contributed by atoms with Crippen LogP contribution in [0, 0.1) is 5.41 Å². The second kappa shape index (κ2) is 5.69. The van der Waals surface area contributed by atoms with Gasteiger partial charge in [0.05, 0.1) is 12.7 Å². The Labute approximate surface area is 87.2 Å².